The van der Waals surface area contributed by atoms with Gasteiger partial charge in [0.2, 0.25) is 17.7 Å². The Morgan fingerprint density at radius 3 is 2.07 bits per heavy atom. The first-order valence-corrected chi connectivity index (χ1v) is 20.2. The van der Waals surface area contributed by atoms with Crippen molar-refractivity contribution in [3.63, 3.8) is 0 Å². The number of nitrogens with one attached hydrogen (secondary N) is 3. The third-order valence-corrected chi connectivity index (χ3v) is 11.4. The highest BCUT2D eigenvalue weighted by Gasteiger charge is 2.41. The first kappa shape index (κ1) is 48.1. The summed E-state index contributed by atoms with van der Waals surface area (Å²) in [5.41, 5.74) is -0.290. The van der Waals surface area contributed by atoms with Gasteiger partial charge in [-0.1, -0.05) is 54.0 Å². The van der Waals surface area contributed by atoms with E-state index < -0.39 is 63.2 Å². The fourth-order valence-corrected chi connectivity index (χ4v) is 7.96. The van der Waals surface area contributed by atoms with Crippen LogP contribution >= 0.6 is 0 Å². The quantitative estimate of drug-likeness (QED) is 0.186. The number of anilines is 1. The van der Waals surface area contributed by atoms with Crippen LogP contribution in [0.5, 0.6) is 0 Å². The molecule has 0 aromatic heterocycles. The monoisotopic (exact) mass is 816 g/mol. The third-order valence-electron chi connectivity index (χ3n) is 10.1. The number of amides is 5. The molecule has 6 atom stereocenters. The van der Waals surface area contributed by atoms with Gasteiger partial charge in [-0.15, -0.1) is 0 Å². The van der Waals surface area contributed by atoms with Crippen LogP contribution in [0.4, 0.5) is 18.9 Å². The Hall–Kier alpha value is -4.03. The standard InChI is InChI=1S/C38H59F3N6O8S/c1-12-24(6)33(46(10)36(51)31(22(2)3)43-35(50)32(23(4)5)45(8)9)29(55-11)21-30(48)47-19-13-14-27(47)20-25(7)34(49)44-56(53,54)28-17-15-26(16-18-28)42-37(52)38(39,40)41/h15-18,20,22-24,27,29,31-33H,12-14,19,21H2,1-11H3,(H,42,52)(H,43,50)(H,44,49)/b25-20+/t24?,27-,29+,31-,32-,33-/m0/s1. The molecule has 0 radical (unpaired) electrons. The third kappa shape index (κ3) is 12.7. The highest BCUT2D eigenvalue weighted by Crippen LogP contribution is 2.27. The summed E-state index contributed by atoms with van der Waals surface area (Å²) in [6.45, 7) is 13.3. The predicted molar refractivity (Wildman–Crippen MR) is 205 cm³/mol. The molecule has 1 aliphatic rings. The van der Waals surface area contributed by atoms with E-state index in [1.807, 2.05) is 65.3 Å². The molecule has 56 heavy (non-hydrogen) atoms. The molecule has 1 fully saturated rings. The van der Waals surface area contributed by atoms with Gasteiger partial charge in [-0.05, 0) is 75.9 Å². The molecular weight excluding hydrogens is 758 g/mol. The number of benzene rings is 1. The van der Waals surface area contributed by atoms with Crippen molar-refractivity contribution < 1.29 is 50.3 Å². The molecule has 1 unspecified atom stereocenters. The molecule has 0 bridgehead atoms. The van der Waals surface area contributed by atoms with Gasteiger partial charge in [-0.2, -0.15) is 13.2 Å². The highest BCUT2D eigenvalue weighted by molar-refractivity contribution is 7.90. The Morgan fingerprint density at radius 1 is 1.00 bits per heavy atom. The molecule has 3 N–H and O–H groups in total. The number of hydrogen-bond donors (Lipinski definition) is 3. The minimum absolute atomic E-state index is 0.00159. The zero-order valence-electron chi connectivity index (χ0n) is 34.2. The Labute approximate surface area is 329 Å². The normalized spacial score (nSPS) is 18.0. The van der Waals surface area contributed by atoms with Crippen molar-refractivity contribution in [1.29, 1.82) is 0 Å². The van der Waals surface area contributed by atoms with E-state index in [0.717, 1.165) is 24.3 Å². The van der Waals surface area contributed by atoms with Crippen LogP contribution < -0.4 is 15.4 Å². The molecular formula is C38H59F3N6O8S. The first-order chi connectivity index (χ1) is 25.9. The van der Waals surface area contributed by atoms with Crippen LogP contribution in [0.2, 0.25) is 0 Å². The molecule has 316 valence electrons. The summed E-state index contributed by atoms with van der Waals surface area (Å²) in [6, 6.07) is 1.42. The van der Waals surface area contributed by atoms with Crippen molar-refractivity contribution in [3.8, 4) is 0 Å². The lowest BCUT2D eigenvalue weighted by atomic mass is 9.89. The summed E-state index contributed by atoms with van der Waals surface area (Å²) in [5, 5.41) is 4.58. The van der Waals surface area contributed by atoms with Crippen LogP contribution in [-0.2, 0) is 38.7 Å². The minimum atomic E-state index is -5.14. The maximum atomic E-state index is 14.1. The molecule has 1 aliphatic heterocycles. The van der Waals surface area contributed by atoms with Crippen molar-refractivity contribution in [2.45, 2.75) is 115 Å². The Kier molecular flexibility index (Phi) is 17.5. The predicted octanol–water partition coefficient (Wildman–Crippen LogP) is 3.93. The second-order valence-corrected chi connectivity index (χ2v) is 16.9. The van der Waals surface area contributed by atoms with E-state index in [-0.39, 0.29) is 53.2 Å². The Bertz CT molecular complexity index is 1680. The average Bonchev–Trinajstić information content (AvgIpc) is 3.57. The molecule has 18 heteroatoms. The summed E-state index contributed by atoms with van der Waals surface area (Å²) < 4.78 is 71.3. The summed E-state index contributed by atoms with van der Waals surface area (Å²) in [4.78, 5) is 70.1. The van der Waals surface area contributed by atoms with Crippen LogP contribution in [-0.4, -0.2) is 124 Å². The molecule has 1 aromatic rings. The van der Waals surface area contributed by atoms with E-state index in [1.54, 1.807) is 22.2 Å². The van der Waals surface area contributed by atoms with Crippen LogP contribution in [0.3, 0.4) is 0 Å². The molecule has 2 rings (SSSR count). The van der Waals surface area contributed by atoms with Crippen LogP contribution in [0.15, 0.2) is 40.8 Å². The zero-order valence-corrected chi connectivity index (χ0v) is 35.0. The number of carbonyl (C=O) groups excluding carboxylic acids is 5. The number of sulfonamides is 1. The molecule has 1 aromatic carbocycles. The van der Waals surface area contributed by atoms with Crippen molar-refractivity contribution in [1.82, 2.24) is 24.7 Å². The van der Waals surface area contributed by atoms with E-state index >= 15 is 0 Å². The molecule has 14 nitrogen and oxygen atoms in total. The SMILES string of the molecule is CCC(C)[C@@H]([C@@H](CC(=O)N1CCC[C@H]1/C=C(\C)C(=O)NS(=O)(=O)c1ccc(NC(=O)C(F)(F)F)cc1)OC)N(C)C(=O)[C@@H](NC(=O)[C@H](C(C)C)N(C)C)C(C)C. The summed E-state index contributed by atoms with van der Waals surface area (Å²) in [7, 11) is 2.29. The number of alkyl halides is 3. The van der Waals surface area contributed by atoms with Crippen molar-refractivity contribution >= 4 is 45.2 Å². The van der Waals surface area contributed by atoms with Gasteiger partial charge in [0.15, 0.2) is 0 Å². The molecule has 0 saturated carbocycles. The smallest absolute Gasteiger partial charge is 0.379 e. The van der Waals surface area contributed by atoms with Crippen molar-refractivity contribution in [2.75, 3.05) is 40.1 Å². The number of likely N-dealkylation sites (N-methyl/N-ethyl adjacent to an activating group) is 2. The molecule has 5 amide bonds. The average molecular weight is 817 g/mol. The molecule has 1 heterocycles. The van der Waals surface area contributed by atoms with Gasteiger partial charge in [0, 0.05) is 32.0 Å². The summed E-state index contributed by atoms with van der Waals surface area (Å²) in [6.07, 6.45) is -2.68. The van der Waals surface area contributed by atoms with Gasteiger partial charge >= 0.3 is 12.1 Å². The van der Waals surface area contributed by atoms with E-state index in [9.17, 15) is 45.6 Å². The lowest BCUT2D eigenvalue weighted by molar-refractivity contribution is -0.167. The minimum Gasteiger partial charge on any atom is -0.379 e. The lowest BCUT2D eigenvalue weighted by Crippen LogP contribution is -2.59. The summed E-state index contributed by atoms with van der Waals surface area (Å²) in [5.74, 6) is -4.40. The largest absolute Gasteiger partial charge is 0.471 e. The van der Waals surface area contributed by atoms with Gasteiger partial charge in [0.1, 0.15) is 6.04 Å². The van der Waals surface area contributed by atoms with E-state index in [0.29, 0.717) is 25.8 Å². The highest BCUT2D eigenvalue weighted by atomic mass is 32.2. The lowest BCUT2D eigenvalue weighted by Gasteiger charge is -2.40. The number of rotatable bonds is 18. The van der Waals surface area contributed by atoms with Gasteiger partial charge in [0.25, 0.3) is 15.9 Å². The number of methoxy groups -OCH3 is 1. The maximum absolute atomic E-state index is 14.1. The van der Waals surface area contributed by atoms with Gasteiger partial charge in [0.05, 0.1) is 35.5 Å². The zero-order chi connectivity index (χ0) is 42.9. The molecule has 1 saturated heterocycles. The fourth-order valence-electron chi connectivity index (χ4n) is 6.94. The number of nitrogens with zero attached hydrogens (tertiary/aromatic N) is 3. The number of ether oxygens (including phenoxy) is 1. The van der Waals surface area contributed by atoms with E-state index in [2.05, 4.69) is 5.32 Å². The number of hydrogen-bond acceptors (Lipinski definition) is 9. The van der Waals surface area contributed by atoms with Crippen molar-refractivity contribution in [2.24, 2.45) is 17.8 Å². The van der Waals surface area contributed by atoms with E-state index in [1.165, 1.54) is 20.1 Å². The van der Waals surface area contributed by atoms with Gasteiger partial charge in [-0.25, -0.2) is 13.1 Å². The van der Waals surface area contributed by atoms with E-state index in [4.69, 9.17) is 4.74 Å². The molecule has 0 spiro atoms. The summed E-state index contributed by atoms with van der Waals surface area (Å²) >= 11 is 0. The second kappa shape index (κ2) is 20.4. The van der Waals surface area contributed by atoms with Gasteiger partial charge in [-0.3, -0.25) is 28.9 Å². The Morgan fingerprint density at radius 2 is 1.59 bits per heavy atom. The fraction of sp³-hybridized carbons (Fsp3) is 0.658. The topological polar surface area (TPSA) is 175 Å². The first-order valence-electron chi connectivity index (χ1n) is 18.7. The second-order valence-electron chi connectivity index (χ2n) is 15.2. The molecule has 0 aliphatic carbocycles. The van der Waals surface area contributed by atoms with Crippen LogP contribution in [0.25, 0.3) is 0 Å². The number of carbonyl (C=O) groups is 5. The number of likely N-dealkylation sites (tertiary alicyclic amines) is 1. The van der Waals surface area contributed by atoms with Crippen molar-refractivity contribution in [3.05, 3.63) is 35.9 Å². The Balaban J connectivity index is 2.24. The number of halogens is 3. The van der Waals surface area contributed by atoms with Gasteiger partial charge < -0.3 is 25.2 Å². The van der Waals surface area contributed by atoms with Crippen LogP contribution in [0.1, 0.15) is 74.1 Å². The van der Waals surface area contributed by atoms with Crippen LogP contribution in [0, 0.1) is 17.8 Å². The maximum Gasteiger partial charge on any atom is 0.471 e.